The third-order valence-corrected chi connectivity index (χ3v) is 11.7. The summed E-state index contributed by atoms with van der Waals surface area (Å²) in [6.45, 7) is 6.23. The van der Waals surface area contributed by atoms with E-state index in [1.54, 1.807) is 0 Å². The van der Waals surface area contributed by atoms with Gasteiger partial charge in [-0.05, 0) is 148 Å². The van der Waals surface area contributed by atoms with Crippen LogP contribution in [0.25, 0.3) is 0 Å². The minimum absolute atomic E-state index is 0.0171. The third-order valence-electron chi connectivity index (χ3n) is 11.7. The molecule has 3 rings (SSSR count). The van der Waals surface area contributed by atoms with E-state index in [1.807, 2.05) is 6.92 Å². The van der Waals surface area contributed by atoms with E-state index in [1.165, 1.54) is 38.5 Å². The Hall–Kier alpha value is -3.93. The number of hydrogen-bond acceptors (Lipinski definition) is 6. The monoisotopic (exact) mass is 913 g/mol. The first-order valence-corrected chi connectivity index (χ1v) is 26.9. The molecule has 3 aliphatic rings. The van der Waals surface area contributed by atoms with E-state index in [9.17, 15) is 14.4 Å². The predicted octanol–water partition coefficient (Wildman–Crippen LogP) is 17.7. The van der Waals surface area contributed by atoms with Gasteiger partial charge in [-0.1, -0.05) is 168 Å². The van der Waals surface area contributed by atoms with Gasteiger partial charge in [0, 0.05) is 25.7 Å². The molecule has 0 aliphatic carbocycles. The number of carbonyl (C=O) groups is 3. The number of cyclic esters (lactones) is 3. The molecule has 0 fully saturated rings. The highest BCUT2D eigenvalue weighted by Gasteiger charge is 2.13. The molecule has 3 heterocycles. The van der Waals surface area contributed by atoms with E-state index in [2.05, 4.69) is 123 Å². The smallest absolute Gasteiger partial charge is 0.306 e. The summed E-state index contributed by atoms with van der Waals surface area (Å²) in [6, 6.07) is 0. The number of allylic oxidation sites excluding steroid dienone is 17. The normalized spacial score (nSPS) is 27.7. The fourth-order valence-electron chi connectivity index (χ4n) is 7.65. The lowest BCUT2D eigenvalue weighted by Gasteiger charge is -2.15. The maximum atomic E-state index is 11.9. The second-order valence-corrected chi connectivity index (χ2v) is 18.0. The average Bonchev–Trinajstić information content (AvgIpc) is 3.30. The molecule has 0 bridgehead atoms. The number of carbonyl (C=O) groups excluding carboxylic acids is 3. The zero-order valence-corrected chi connectivity index (χ0v) is 42.4. The minimum Gasteiger partial charge on any atom is -0.463 e. The number of rotatable bonds is 3. The zero-order chi connectivity index (χ0) is 47.6. The SMILES string of the molecule is CC1CCC/C=C\C/C=C\C/C=C\CCCCCCC(=O)O1.CCC1CC/C=C\C/C=C\C/C=C\CCCCCCC(=O)O1.CCCC1C/C=C\C/C=C\C/C=C\CCCCCCC(=O)O1. The van der Waals surface area contributed by atoms with Gasteiger partial charge in [-0.15, -0.1) is 0 Å². The van der Waals surface area contributed by atoms with Crippen LogP contribution in [0.2, 0.25) is 0 Å². The molecule has 0 aromatic carbocycles. The van der Waals surface area contributed by atoms with Crippen molar-refractivity contribution in [2.24, 2.45) is 0 Å². The van der Waals surface area contributed by atoms with Gasteiger partial charge >= 0.3 is 17.9 Å². The molecule has 6 heteroatoms. The van der Waals surface area contributed by atoms with Crippen LogP contribution in [0.3, 0.4) is 0 Å². The van der Waals surface area contributed by atoms with Gasteiger partial charge in [0.05, 0.1) is 6.10 Å². The van der Waals surface area contributed by atoms with Gasteiger partial charge < -0.3 is 14.2 Å². The van der Waals surface area contributed by atoms with Gasteiger partial charge in [0.1, 0.15) is 12.2 Å². The highest BCUT2D eigenvalue weighted by Crippen LogP contribution is 2.15. The fraction of sp³-hybridized carbons (Fsp3) is 0.650. The van der Waals surface area contributed by atoms with Gasteiger partial charge in [0.25, 0.3) is 0 Å². The van der Waals surface area contributed by atoms with Crippen LogP contribution < -0.4 is 0 Å². The summed E-state index contributed by atoms with van der Waals surface area (Å²) in [5.74, 6) is -0.0631. The van der Waals surface area contributed by atoms with Crippen LogP contribution in [0.1, 0.15) is 233 Å². The molecule has 3 atom stereocenters. The van der Waals surface area contributed by atoms with E-state index < -0.39 is 0 Å². The molecule has 66 heavy (non-hydrogen) atoms. The van der Waals surface area contributed by atoms with Crippen molar-refractivity contribution in [3.8, 4) is 0 Å². The van der Waals surface area contributed by atoms with Gasteiger partial charge in [-0.2, -0.15) is 0 Å². The first-order chi connectivity index (χ1) is 32.4. The van der Waals surface area contributed by atoms with Crippen LogP contribution in [-0.4, -0.2) is 36.2 Å². The van der Waals surface area contributed by atoms with Crippen molar-refractivity contribution in [1.29, 1.82) is 0 Å². The van der Waals surface area contributed by atoms with E-state index >= 15 is 0 Å². The molecule has 372 valence electrons. The molecule has 0 aromatic rings. The topological polar surface area (TPSA) is 78.9 Å². The third kappa shape index (κ3) is 42.7. The van der Waals surface area contributed by atoms with Gasteiger partial charge in [0.2, 0.25) is 0 Å². The summed E-state index contributed by atoms with van der Waals surface area (Å²) < 4.78 is 16.6. The van der Waals surface area contributed by atoms with Crippen LogP contribution in [0.4, 0.5) is 0 Å². The molecular weight excluding hydrogens is 817 g/mol. The summed E-state index contributed by atoms with van der Waals surface area (Å²) in [5, 5.41) is 0. The Morgan fingerprint density at radius 1 is 0.379 bits per heavy atom. The summed E-state index contributed by atoms with van der Waals surface area (Å²) in [4.78, 5) is 35.4. The molecule has 0 radical (unpaired) electrons. The van der Waals surface area contributed by atoms with Crippen molar-refractivity contribution < 1.29 is 28.6 Å². The Labute approximate surface area is 405 Å². The van der Waals surface area contributed by atoms with Gasteiger partial charge in [0.15, 0.2) is 0 Å². The Balaban J connectivity index is 0.000000495. The van der Waals surface area contributed by atoms with E-state index in [-0.39, 0.29) is 36.2 Å². The van der Waals surface area contributed by atoms with E-state index in [0.717, 1.165) is 154 Å². The number of esters is 3. The number of ether oxygens (including phenoxy) is 3. The maximum absolute atomic E-state index is 11.9. The highest BCUT2D eigenvalue weighted by molar-refractivity contribution is 5.70. The summed E-state index contributed by atoms with van der Waals surface area (Å²) in [7, 11) is 0. The first kappa shape index (κ1) is 60.1. The van der Waals surface area contributed by atoms with E-state index in [4.69, 9.17) is 14.2 Å². The Kier molecular flexibility index (Phi) is 43.3. The summed E-state index contributed by atoms with van der Waals surface area (Å²) in [6.07, 6.45) is 73.8. The van der Waals surface area contributed by atoms with Crippen LogP contribution in [0, 0.1) is 0 Å². The lowest BCUT2D eigenvalue weighted by atomic mass is 10.1. The molecule has 0 amide bonds. The molecule has 3 unspecified atom stereocenters. The molecular formula is C60H96O6. The largest absolute Gasteiger partial charge is 0.463 e. The average molecular weight is 913 g/mol. The van der Waals surface area contributed by atoms with Crippen molar-refractivity contribution in [1.82, 2.24) is 0 Å². The lowest BCUT2D eigenvalue weighted by molar-refractivity contribution is -0.150. The quantitative estimate of drug-likeness (QED) is 0.159. The van der Waals surface area contributed by atoms with Crippen LogP contribution in [0.15, 0.2) is 109 Å². The molecule has 3 aliphatic heterocycles. The van der Waals surface area contributed by atoms with Crippen molar-refractivity contribution in [2.75, 3.05) is 0 Å². The summed E-state index contributed by atoms with van der Waals surface area (Å²) >= 11 is 0. The minimum atomic E-state index is -0.0255. The maximum Gasteiger partial charge on any atom is 0.306 e. The molecule has 0 spiro atoms. The second-order valence-electron chi connectivity index (χ2n) is 18.0. The van der Waals surface area contributed by atoms with E-state index in [0.29, 0.717) is 19.3 Å². The second kappa shape index (κ2) is 47.6. The van der Waals surface area contributed by atoms with Crippen molar-refractivity contribution in [2.45, 2.75) is 251 Å². The molecule has 6 nitrogen and oxygen atoms in total. The van der Waals surface area contributed by atoms with Crippen LogP contribution >= 0.6 is 0 Å². The Bertz CT molecular complexity index is 1440. The fourth-order valence-corrected chi connectivity index (χ4v) is 7.65. The molecule has 0 N–H and O–H groups in total. The Morgan fingerprint density at radius 3 is 1.15 bits per heavy atom. The van der Waals surface area contributed by atoms with Crippen molar-refractivity contribution in [3.05, 3.63) is 109 Å². The molecule has 0 saturated carbocycles. The van der Waals surface area contributed by atoms with Crippen molar-refractivity contribution >= 4 is 17.9 Å². The number of hydrogen-bond donors (Lipinski definition) is 0. The first-order valence-electron chi connectivity index (χ1n) is 26.9. The lowest BCUT2D eigenvalue weighted by Crippen LogP contribution is -2.17. The Morgan fingerprint density at radius 2 is 0.727 bits per heavy atom. The van der Waals surface area contributed by atoms with Crippen molar-refractivity contribution in [3.63, 3.8) is 0 Å². The highest BCUT2D eigenvalue weighted by atomic mass is 16.5. The van der Waals surface area contributed by atoms with Crippen LogP contribution in [-0.2, 0) is 28.6 Å². The zero-order valence-electron chi connectivity index (χ0n) is 42.4. The standard InChI is InChI=1S/3C20H32O2/c1-19-17-15-13-11-9-7-5-3-2-4-6-8-10-12-14-16-18-20(21)22-19;1-2-19-17-15-13-11-9-7-5-3-4-6-8-10-12-14-16-18-20(21)22-19;1-2-16-19-17-14-12-10-8-6-4-3-5-7-9-11-13-15-18-20(21)22-19/h3-6,9,11,19H,2,7-8,10,12-18H2,1H3;4-7,11,13,19H,2-3,8-10,12,14-18H2,1H3;3,5-6,8,12,14,19H,2,4,7,9-11,13,15-18H2,1H3/b5-3-,6-4-,11-9-;6-4-,7-5-,13-11-;5-3-,8-6-,14-12-. The molecule has 0 saturated heterocycles. The van der Waals surface area contributed by atoms with Gasteiger partial charge in [-0.25, -0.2) is 0 Å². The van der Waals surface area contributed by atoms with Gasteiger partial charge in [-0.3, -0.25) is 14.4 Å². The molecule has 0 aromatic heterocycles. The van der Waals surface area contributed by atoms with Crippen LogP contribution in [0.5, 0.6) is 0 Å². The predicted molar refractivity (Wildman–Crippen MR) is 281 cm³/mol. The summed E-state index contributed by atoms with van der Waals surface area (Å²) in [5.41, 5.74) is 0.